The van der Waals surface area contributed by atoms with Crippen LogP contribution in [0.4, 0.5) is 5.69 Å². The molecule has 0 aromatic heterocycles. The molecule has 0 radical (unpaired) electrons. The van der Waals surface area contributed by atoms with Gasteiger partial charge in [0.25, 0.3) is 11.7 Å². The number of carbonyl (C=O) groups excluding carboxylic acids is 1. The quantitative estimate of drug-likeness (QED) is 0.808. The molecule has 0 bridgehead atoms. The summed E-state index contributed by atoms with van der Waals surface area (Å²) in [5.41, 5.74) is 3.90. The molecule has 0 unspecified atom stereocenters. The van der Waals surface area contributed by atoms with Gasteiger partial charge in [-0.25, -0.2) is 0 Å². The number of anilines is 1. The zero-order valence-corrected chi connectivity index (χ0v) is 14.3. The first-order valence-corrected chi connectivity index (χ1v) is 8.35. The van der Waals surface area contributed by atoms with Crippen molar-refractivity contribution in [2.75, 3.05) is 18.1 Å². The van der Waals surface area contributed by atoms with E-state index in [0.29, 0.717) is 19.8 Å². The maximum Gasteiger partial charge on any atom is 0.292 e. The molecule has 0 atom stereocenters. The van der Waals surface area contributed by atoms with Crippen LogP contribution in [0.15, 0.2) is 46.9 Å². The molecule has 1 fully saturated rings. The number of halogens is 1. The molecule has 0 N–H and O–H groups in total. The monoisotopic (exact) mass is 373 g/mol. The van der Waals surface area contributed by atoms with Crippen molar-refractivity contribution in [3.05, 3.63) is 63.6 Å². The molecule has 2 aromatic carbocycles. The van der Waals surface area contributed by atoms with Crippen LogP contribution in [0, 0.1) is 6.92 Å². The summed E-state index contributed by atoms with van der Waals surface area (Å²) in [4.78, 5) is 14.8. The highest BCUT2D eigenvalue weighted by Crippen LogP contribution is 2.47. The lowest BCUT2D eigenvalue weighted by Gasteiger charge is -2.22. The van der Waals surface area contributed by atoms with Crippen molar-refractivity contribution in [3.63, 3.8) is 0 Å². The highest BCUT2D eigenvalue weighted by molar-refractivity contribution is 9.10. The fourth-order valence-electron chi connectivity index (χ4n) is 3.13. The minimum Gasteiger partial charge on any atom is -0.336 e. The van der Waals surface area contributed by atoms with Crippen molar-refractivity contribution in [1.82, 2.24) is 0 Å². The molecule has 4 rings (SSSR count). The molecule has 2 aromatic rings. The predicted molar refractivity (Wildman–Crippen MR) is 90.1 cm³/mol. The number of rotatable bonds is 2. The Morgan fingerprint density at radius 3 is 2.52 bits per heavy atom. The molecule has 0 saturated carbocycles. The van der Waals surface area contributed by atoms with Gasteiger partial charge in [0, 0.05) is 10.0 Å². The van der Waals surface area contributed by atoms with Gasteiger partial charge in [0.2, 0.25) is 0 Å². The van der Waals surface area contributed by atoms with Gasteiger partial charge in [-0.3, -0.25) is 4.79 Å². The Hall–Kier alpha value is -1.69. The fraction of sp³-hybridized carbons (Fsp3) is 0.278. The summed E-state index contributed by atoms with van der Waals surface area (Å²) in [5, 5.41) is 0. The Kier molecular flexibility index (Phi) is 3.52. The van der Waals surface area contributed by atoms with Gasteiger partial charge in [-0.15, -0.1) is 0 Å². The van der Waals surface area contributed by atoms with Crippen molar-refractivity contribution < 1.29 is 14.3 Å². The van der Waals surface area contributed by atoms with E-state index in [-0.39, 0.29) is 5.91 Å². The second kappa shape index (κ2) is 5.44. The van der Waals surface area contributed by atoms with Crippen LogP contribution in [-0.2, 0) is 26.6 Å². The summed E-state index contributed by atoms with van der Waals surface area (Å²) < 4.78 is 12.4. The fourth-order valence-corrected chi connectivity index (χ4v) is 3.50. The molecule has 1 amide bonds. The first kappa shape index (κ1) is 14.9. The molecule has 4 nitrogen and oxygen atoms in total. The third-order valence-electron chi connectivity index (χ3n) is 4.29. The lowest BCUT2D eigenvalue weighted by atomic mass is 10.1. The second-order valence-electron chi connectivity index (χ2n) is 5.85. The van der Waals surface area contributed by atoms with E-state index in [1.807, 2.05) is 37.3 Å². The molecular weight excluding hydrogens is 358 g/mol. The predicted octanol–water partition coefficient (Wildman–Crippen LogP) is 3.50. The molecule has 0 aliphatic carbocycles. The molecule has 118 valence electrons. The van der Waals surface area contributed by atoms with E-state index < -0.39 is 5.79 Å². The summed E-state index contributed by atoms with van der Waals surface area (Å²) in [5.74, 6) is -1.42. The van der Waals surface area contributed by atoms with Gasteiger partial charge in [-0.05, 0) is 30.7 Å². The van der Waals surface area contributed by atoms with Gasteiger partial charge >= 0.3 is 0 Å². The lowest BCUT2D eigenvalue weighted by molar-refractivity contribution is -0.180. The average molecular weight is 374 g/mol. The van der Waals surface area contributed by atoms with Crippen molar-refractivity contribution in [3.8, 4) is 0 Å². The van der Waals surface area contributed by atoms with Gasteiger partial charge in [0.05, 0.1) is 25.4 Å². The zero-order chi connectivity index (χ0) is 16.0. The largest absolute Gasteiger partial charge is 0.336 e. The first-order valence-electron chi connectivity index (χ1n) is 7.56. The number of fused-ring (bicyclic) bond motifs is 2. The molecule has 23 heavy (non-hydrogen) atoms. The van der Waals surface area contributed by atoms with Crippen LogP contribution in [0.25, 0.3) is 0 Å². The summed E-state index contributed by atoms with van der Waals surface area (Å²) in [6.45, 7) is 3.40. The molecule has 2 aliphatic heterocycles. The van der Waals surface area contributed by atoms with Crippen LogP contribution in [0.3, 0.4) is 0 Å². The van der Waals surface area contributed by atoms with Crippen LogP contribution in [-0.4, -0.2) is 19.1 Å². The van der Waals surface area contributed by atoms with E-state index in [2.05, 4.69) is 28.1 Å². The van der Waals surface area contributed by atoms with Gasteiger partial charge in [0.1, 0.15) is 0 Å². The lowest BCUT2D eigenvalue weighted by Crippen LogP contribution is -2.40. The maximum atomic E-state index is 13.0. The minimum atomic E-state index is -1.27. The average Bonchev–Trinajstić information content (AvgIpc) is 3.11. The summed E-state index contributed by atoms with van der Waals surface area (Å²) in [7, 11) is 0. The number of aryl methyl sites for hydroxylation is 1. The molecule has 2 heterocycles. The van der Waals surface area contributed by atoms with Gasteiger partial charge in [-0.1, -0.05) is 45.8 Å². The molecule has 1 saturated heterocycles. The van der Waals surface area contributed by atoms with E-state index >= 15 is 0 Å². The number of hydrogen-bond acceptors (Lipinski definition) is 3. The highest BCUT2D eigenvalue weighted by Gasteiger charge is 2.56. The van der Waals surface area contributed by atoms with Gasteiger partial charge in [-0.2, -0.15) is 0 Å². The number of nitrogens with zero attached hydrogens (tertiary/aromatic N) is 1. The molecule has 2 aliphatic rings. The van der Waals surface area contributed by atoms with Gasteiger partial charge < -0.3 is 14.4 Å². The van der Waals surface area contributed by atoms with E-state index in [1.54, 1.807) is 4.90 Å². The summed E-state index contributed by atoms with van der Waals surface area (Å²) in [6, 6.07) is 14.0. The Balaban J connectivity index is 1.76. The standard InChI is InChI=1S/C18H16BrNO3/c1-12-2-4-13(5-3-12)11-20-16-7-6-14(19)10-15(16)18(17(20)21)22-8-9-23-18/h2-7,10H,8-9,11H2,1H3. The number of benzene rings is 2. The van der Waals surface area contributed by atoms with E-state index in [0.717, 1.165) is 21.3 Å². The van der Waals surface area contributed by atoms with Crippen LogP contribution in [0.2, 0.25) is 0 Å². The zero-order valence-electron chi connectivity index (χ0n) is 12.7. The van der Waals surface area contributed by atoms with Crippen molar-refractivity contribution in [1.29, 1.82) is 0 Å². The Morgan fingerprint density at radius 1 is 1.13 bits per heavy atom. The van der Waals surface area contributed by atoms with Crippen LogP contribution in [0.5, 0.6) is 0 Å². The molecular formula is C18H16BrNO3. The SMILES string of the molecule is Cc1ccc(CN2C(=O)C3(OCCO3)c3cc(Br)ccc32)cc1. The Labute approximate surface area is 143 Å². The normalized spacial score (nSPS) is 18.7. The third-order valence-corrected chi connectivity index (χ3v) is 4.78. The third kappa shape index (κ3) is 2.31. The van der Waals surface area contributed by atoms with Crippen LogP contribution < -0.4 is 4.90 Å². The number of hydrogen-bond donors (Lipinski definition) is 0. The van der Waals surface area contributed by atoms with Crippen molar-refractivity contribution >= 4 is 27.5 Å². The van der Waals surface area contributed by atoms with E-state index in [9.17, 15) is 4.79 Å². The number of ether oxygens (including phenoxy) is 2. The number of amides is 1. The van der Waals surface area contributed by atoms with Crippen molar-refractivity contribution in [2.24, 2.45) is 0 Å². The topological polar surface area (TPSA) is 38.8 Å². The van der Waals surface area contributed by atoms with Crippen molar-refractivity contribution in [2.45, 2.75) is 19.3 Å². The van der Waals surface area contributed by atoms with E-state index in [4.69, 9.17) is 9.47 Å². The second-order valence-corrected chi connectivity index (χ2v) is 6.77. The number of carbonyl (C=O) groups is 1. The van der Waals surface area contributed by atoms with Crippen LogP contribution >= 0.6 is 15.9 Å². The van der Waals surface area contributed by atoms with Crippen LogP contribution in [0.1, 0.15) is 16.7 Å². The highest BCUT2D eigenvalue weighted by atomic mass is 79.9. The van der Waals surface area contributed by atoms with E-state index in [1.165, 1.54) is 5.56 Å². The van der Waals surface area contributed by atoms with Gasteiger partial charge in [0.15, 0.2) is 0 Å². The maximum absolute atomic E-state index is 13.0. The Bertz CT molecular complexity index is 766. The minimum absolute atomic E-state index is 0.149. The smallest absolute Gasteiger partial charge is 0.292 e. The summed E-state index contributed by atoms with van der Waals surface area (Å²) in [6.07, 6.45) is 0. The molecule has 5 heteroatoms. The Morgan fingerprint density at radius 2 is 1.83 bits per heavy atom. The molecule has 1 spiro atoms. The summed E-state index contributed by atoms with van der Waals surface area (Å²) >= 11 is 3.47. The first-order chi connectivity index (χ1) is 11.1.